The Balaban J connectivity index is 1.47. The number of rotatable bonds is 2. The molecule has 26 heavy (non-hydrogen) atoms. The number of nitrogens with zero attached hydrogens (tertiary/aromatic N) is 3. The number of hydrogen-bond donors (Lipinski definition) is 1. The molecular formula is C20H18FN3O2. The molecule has 0 aliphatic carbocycles. The second kappa shape index (κ2) is 6.63. The lowest BCUT2D eigenvalue weighted by Crippen LogP contribution is -2.49. The Morgan fingerprint density at radius 2 is 1.77 bits per heavy atom. The lowest BCUT2D eigenvalue weighted by atomic mass is 10.1. The van der Waals surface area contributed by atoms with Gasteiger partial charge >= 0.3 is 0 Å². The number of carbonyl (C=O) groups is 1. The van der Waals surface area contributed by atoms with Crippen LogP contribution < -0.4 is 4.90 Å². The van der Waals surface area contributed by atoms with Crippen LogP contribution in [0.2, 0.25) is 0 Å². The molecule has 1 amide bonds. The molecule has 0 spiro atoms. The quantitative estimate of drug-likeness (QED) is 0.771. The van der Waals surface area contributed by atoms with E-state index in [2.05, 4.69) is 9.88 Å². The molecule has 0 saturated carbocycles. The number of hydrogen-bond acceptors (Lipinski definition) is 4. The largest absolute Gasteiger partial charge is 0.508 e. The monoisotopic (exact) mass is 351 g/mol. The van der Waals surface area contributed by atoms with Crippen LogP contribution in [-0.4, -0.2) is 47.1 Å². The number of aromatic nitrogens is 1. The van der Waals surface area contributed by atoms with Crippen LogP contribution in [0.3, 0.4) is 0 Å². The fourth-order valence-corrected chi connectivity index (χ4v) is 3.22. The number of pyridine rings is 1. The number of piperazine rings is 1. The Morgan fingerprint density at radius 3 is 2.54 bits per heavy atom. The van der Waals surface area contributed by atoms with Crippen LogP contribution in [0.25, 0.3) is 10.9 Å². The molecule has 0 unspecified atom stereocenters. The lowest BCUT2D eigenvalue weighted by Gasteiger charge is -2.35. The van der Waals surface area contributed by atoms with Gasteiger partial charge in [-0.15, -0.1) is 0 Å². The highest BCUT2D eigenvalue weighted by atomic mass is 19.1. The number of anilines is 1. The first kappa shape index (κ1) is 16.3. The third-order valence-corrected chi connectivity index (χ3v) is 4.62. The smallest absolute Gasteiger partial charge is 0.254 e. The number of amides is 1. The molecule has 5 nitrogen and oxygen atoms in total. The Hall–Kier alpha value is -3.15. The molecule has 0 bridgehead atoms. The van der Waals surface area contributed by atoms with E-state index in [-0.39, 0.29) is 17.5 Å². The lowest BCUT2D eigenvalue weighted by molar-refractivity contribution is 0.0746. The van der Waals surface area contributed by atoms with Crippen molar-refractivity contribution in [1.29, 1.82) is 0 Å². The molecule has 1 aliphatic rings. The van der Waals surface area contributed by atoms with Crippen LogP contribution in [0.5, 0.6) is 5.75 Å². The van der Waals surface area contributed by atoms with Gasteiger partial charge in [-0.1, -0.05) is 6.07 Å². The molecule has 1 N–H and O–H groups in total. The average molecular weight is 351 g/mol. The number of phenolic OH excluding ortho intramolecular Hbond substituents is 1. The van der Waals surface area contributed by atoms with Crippen molar-refractivity contribution in [3.8, 4) is 5.75 Å². The summed E-state index contributed by atoms with van der Waals surface area (Å²) in [5.41, 5.74) is 1.11. The van der Waals surface area contributed by atoms with Crippen molar-refractivity contribution in [1.82, 2.24) is 9.88 Å². The topological polar surface area (TPSA) is 56.7 Å². The summed E-state index contributed by atoms with van der Waals surface area (Å²) in [7, 11) is 0. The molecule has 1 aromatic heterocycles. The standard InChI is InChI=1S/C20H18FN3O2/c21-16-6-4-14-5-7-19(22-18(14)13-16)23-8-10-24(11-9-23)20(26)15-2-1-3-17(25)12-15/h1-7,12-13,25H,8-11H2. The van der Waals surface area contributed by atoms with Crippen LogP contribution in [0.15, 0.2) is 54.6 Å². The minimum absolute atomic E-state index is 0.0853. The minimum Gasteiger partial charge on any atom is -0.508 e. The van der Waals surface area contributed by atoms with Gasteiger partial charge in [-0.3, -0.25) is 4.79 Å². The van der Waals surface area contributed by atoms with Gasteiger partial charge in [0.05, 0.1) is 5.52 Å². The number of fused-ring (bicyclic) bond motifs is 1. The second-order valence-electron chi connectivity index (χ2n) is 6.34. The van der Waals surface area contributed by atoms with Gasteiger partial charge in [0.25, 0.3) is 5.91 Å². The first-order valence-corrected chi connectivity index (χ1v) is 8.50. The van der Waals surface area contributed by atoms with E-state index < -0.39 is 0 Å². The van der Waals surface area contributed by atoms with Crippen molar-refractivity contribution in [3.05, 3.63) is 66.0 Å². The number of halogens is 1. The van der Waals surface area contributed by atoms with Gasteiger partial charge in [0.1, 0.15) is 17.4 Å². The van der Waals surface area contributed by atoms with Crippen molar-refractivity contribution in [2.24, 2.45) is 0 Å². The van der Waals surface area contributed by atoms with Gasteiger partial charge in [0, 0.05) is 43.2 Å². The molecule has 4 rings (SSSR count). The molecular weight excluding hydrogens is 333 g/mol. The van der Waals surface area contributed by atoms with Crippen molar-refractivity contribution >= 4 is 22.6 Å². The van der Waals surface area contributed by atoms with Crippen molar-refractivity contribution < 1.29 is 14.3 Å². The van der Waals surface area contributed by atoms with E-state index in [9.17, 15) is 14.3 Å². The van der Waals surface area contributed by atoms with Crippen LogP contribution in [0.4, 0.5) is 10.2 Å². The summed E-state index contributed by atoms with van der Waals surface area (Å²) in [5.74, 6) is 0.479. The molecule has 2 heterocycles. The van der Waals surface area contributed by atoms with Gasteiger partial charge in [-0.05, 0) is 42.5 Å². The van der Waals surface area contributed by atoms with E-state index in [1.54, 1.807) is 29.2 Å². The maximum Gasteiger partial charge on any atom is 0.254 e. The highest BCUT2D eigenvalue weighted by Gasteiger charge is 2.23. The Labute approximate surface area is 150 Å². The molecule has 0 atom stereocenters. The minimum atomic E-state index is -0.302. The predicted molar refractivity (Wildman–Crippen MR) is 97.9 cm³/mol. The maximum absolute atomic E-state index is 13.4. The van der Waals surface area contributed by atoms with Crippen molar-refractivity contribution in [3.63, 3.8) is 0 Å². The summed E-state index contributed by atoms with van der Waals surface area (Å²) in [6.07, 6.45) is 0. The summed E-state index contributed by atoms with van der Waals surface area (Å²) >= 11 is 0. The summed E-state index contributed by atoms with van der Waals surface area (Å²) in [4.78, 5) is 21.0. The van der Waals surface area contributed by atoms with Gasteiger partial charge in [-0.25, -0.2) is 9.37 Å². The van der Waals surface area contributed by atoms with Gasteiger partial charge in [0.2, 0.25) is 0 Å². The fourth-order valence-electron chi connectivity index (χ4n) is 3.22. The average Bonchev–Trinajstić information content (AvgIpc) is 2.67. The highest BCUT2D eigenvalue weighted by Crippen LogP contribution is 2.21. The van der Waals surface area contributed by atoms with E-state index >= 15 is 0 Å². The zero-order valence-corrected chi connectivity index (χ0v) is 14.1. The van der Waals surface area contributed by atoms with E-state index in [4.69, 9.17) is 0 Å². The molecule has 6 heteroatoms. The van der Waals surface area contributed by atoms with Gasteiger partial charge in [0.15, 0.2) is 0 Å². The molecule has 1 saturated heterocycles. The highest BCUT2D eigenvalue weighted by molar-refractivity contribution is 5.94. The summed E-state index contributed by atoms with van der Waals surface area (Å²) in [6.45, 7) is 2.44. The Morgan fingerprint density at radius 1 is 1.00 bits per heavy atom. The molecule has 2 aromatic carbocycles. The number of carbonyl (C=O) groups excluding carboxylic acids is 1. The van der Waals surface area contributed by atoms with Gasteiger partial charge in [-0.2, -0.15) is 0 Å². The summed E-state index contributed by atoms with van der Waals surface area (Å²) < 4.78 is 13.4. The molecule has 1 fully saturated rings. The Bertz CT molecular complexity index is 968. The summed E-state index contributed by atoms with van der Waals surface area (Å²) in [5, 5.41) is 10.4. The second-order valence-corrected chi connectivity index (χ2v) is 6.34. The normalized spacial score (nSPS) is 14.7. The van der Waals surface area contributed by atoms with E-state index in [0.29, 0.717) is 37.3 Å². The van der Waals surface area contributed by atoms with Crippen LogP contribution in [0.1, 0.15) is 10.4 Å². The maximum atomic E-state index is 13.4. The van der Waals surface area contributed by atoms with Gasteiger partial charge < -0.3 is 14.9 Å². The van der Waals surface area contributed by atoms with E-state index in [0.717, 1.165) is 11.2 Å². The van der Waals surface area contributed by atoms with Crippen LogP contribution in [-0.2, 0) is 0 Å². The molecule has 132 valence electrons. The van der Waals surface area contributed by atoms with E-state index in [1.165, 1.54) is 18.2 Å². The van der Waals surface area contributed by atoms with Crippen LogP contribution >= 0.6 is 0 Å². The number of aromatic hydroxyl groups is 1. The molecule has 1 aliphatic heterocycles. The summed E-state index contributed by atoms with van der Waals surface area (Å²) in [6, 6.07) is 14.8. The first-order chi connectivity index (χ1) is 12.6. The first-order valence-electron chi connectivity index (χ1n) is 8.50. The van der Waals surface area contributed by atoms with E-state index in [1.807, 2.05) is 12.1 Å². The fraction of sp³-hybridized carbons (Fsp3) is 0.200. The third-order valence-electron chi connectivity index (χ3n) is 4.62. The molecule has 0 radical (unpaired) electrons. The Kier molecular flexibility index (Phi) is 4.16. The molecule has 3 aromatic rings. The third kappa shape index (κ3) is 3.18. The SMILES string of the molecule is O=C(c1cccc(O)c1)N1CCN(c2ccc3ccc(F)cc3n2)CC1. The zero-order valence-electron chi connectivity index (χ0n) is 14.1. The van der Waals surface area contributed by atoms with Crippen molar-refractivity contribution in [2.45, 2.75) is 0 Å². The predicted octanol–water partition coefficient (Wildman–Crippen LogP) is 3.04. The van der Waals surface area contributed by atoms with Crippen molar-refractivity contribution in [2.75, 3.05) is 31.1 Å². The number of phenols is 1. The zero-order chi connectivity index (χ0) is 18.1. The number of benzene rings is 2. The van der Waals surface area contributed by atoms with Crippen LogP contribution in [0, 0.1) is 5.82 Å².